The van der Waals surface area contributed by atoms with E-state index in [0.717, 1.165) is 38.4 Å². The average molecular weight is 513 g/mol. The smallest absolute Gasteiger partial charge is 0.184 e. The van der Waals surface area contributed by atoms with Gasteiger partial charge in [-0.05, 0) is 34.4 Å². The fraction of sp³-hybridized carbons (Fsp3) is 0.226. The maximum absolute atomic E-state index is 9.57. The number of thioether (sulfide) groups is 1. The van der Waals surface area contributed by atoms with Crippen LogP contribution in [0.25, 0.3) is 0 Å². The summed E-state index contributed by atoms with van der Waals surface area (Å²) in [7, 11) is 0. The van der Waals surface area contributed by atoms with E-state index in [1.165, 1.54) is 0 Å². The van der Waals surface area contributed by atoms with Crippen LogP contribution in [-0.2, 0) is 22.6 Å². The van der Waals surface area contributed by atoms with Gasteiger partial charge in [-0.25, -0.2) is 0 Å². The van der Waals surface area contributed by atoms with Crippen LogP contribution in [0.15, 0.2) is 108 Å². The molecule has 0 spiro atoms. The van der Waals surface area contributed by atoms with Crippen LogP contribution in [0.5, 0.6) is 0 Å². The quantitative estimate of drug-likeness (QED) is 0.200. The first-order valence-electron chi connectivity index (χ1n) is 12.5. The third kappa shape index (κ3) is 5.90. The zero-order valence-electron chi connectivity index (χ0n) is 20.6. The highest BCUT2D eigenvalue weighted by Gasteiger charge is 2.41. The first kappa shape index (κ1) is 25.5. The molecule has 6 heteroatoms. The van der Waals surface area contributed by atoms with Gasteiger partial charge in [-0.15, -0.1) is 11.8 Å². The average Bonchev–Trinajstić information content (AvgIpc) is 2.97. The summed E-state index contributed by atoms with van der Waals surface area (Å²) in [4.78, 5) is 1.04. The molecule has 4 atom stereocenters. The van der Waals surface area contributed by atoms with E-state index in [4.69, 9.17) is 20.9 Å². The summed E-state index contributed by atoms with van der Waals surface area (Å²) in [5.41, 5.74) is 17.9. The Balaban J connectivity index is 1.53. The van der Waals surface area contributed by atoms with Crippen LogP contribution < -0.4 is 11.5 Å². The van der Waals surface area contributed by atoms with Crippen molar-refractivity contribution in [3.05, 3.63) is 131 Å². The SMILES string of the molecule is NCc1ccc(C2O[C@H](CSc3ccccc3N)[C@@H](c3ccccc3)[C@H](c3ccc(CO)cc3)O2)cc1. The first-order chi connectivity index (χ1) is 18.2. The lowest BCUT2D eigenvalue weighted by Gasteiger charge is -2.43. The van der Waals surface area contributed by atoms with Crippen molar-refractivity contribution in [2.75, 3.05) is 11.5 Å². The number of rotatable bonds is 8. The Labute approximate surface area is 222 Å². The van der Waals surface area contributed by atoms with Crippen molar-refractivity contribution in [1.82, 2.24) is 0 Å². The second-order valence-electron chi connectivity index (χ2n) is 9.19. The largest absolute Gasteiger partial charge is 0.398 e. The third-order valence-corrected chi connectivity index (χ3v) is 7.96. The molecule has 4 aromatic rings. The third-order valence-electron chi connectivity index (χ3n) is 6.78. The second kappa shape index (κ2) is 11.9. The number of anilines is 1. The second-order valence-corrected chi connectivity index (χ2v) is 10.3. The number of para-hydroxylation sites is 1. The predicted molar refractivity (Wildman–Crippen MR) is 149 cm³/mol. The Bertz CT molecular complexity index is 1280. The highest BCUT2D eigenvalue weighted by atomic mass is 32.2. The maximum Gasteiger partial charge on any atom is 0.184 e. The van der Waals surface area contributed by atoms with Crippen molar-refractivity contribution in [2.45, 2.75) is 42.5 Å². The molecule has 0 radical (unpaired) electrons. The summed E-state index contributed by atoms with van der Waals surface area (Å²) in [6.45, 7) is 0.491. The molecular weight excluding hydrogens is 480 g/mol. The summed E-state index contributed by atoms with van der Waals surface area (Å²) in [6.07, 6.45) is -0.933. The number of hydrogen-bond donors (Lipinski definition) is 3. The molecule has 37 heavy (non-hydrogen) atoms. The standard InChI is InChI=1S/C31H32N2O3S/c32-18-21-10-16-25(17-11-21)31-35-27(20-37-28-9-5-4-8-26(28)33)29(23-6-2-1-3-7-23)30(36-31)24-14-12-22(19-34)13-15-24/h1-17,27,29-31,34H,18-20,32-33H2/t27-,29-,30+,31?/m1/s1. The van der Waals surface area contributed by atoms with Gasteiger partial charge in [0, 0.05) is 34.4 Å². The number of aliphatic hydroxyl groups excluding tert-OH is 1. The van der Waals surface area contributed by atoms with Gasteiger partial charge in [0.1, 0.15) is 0 Å². The Morgan fingerprint density at radius 3 is 2.03 bits per heavy atom. The molecule has 4 aromatic carbocycles. The number of benzene rings is 4. The topological polar surface area (TPSA) is 90.7 Å². The molecule has 1 aliphatic rings. The normalized spacial score (nSPS) is 21.6. The van der Waals surface area contributed by atoms with Gasteiger partial charge < -0.3 is 26.0 Å². The van der Waals surface area contributed by atoms with Gasteiger partial charge in [0.2, 0.25) is 0 Å². The zero-order valence-corrected chi connectivity index (χ0v) is 21.4. The van der Waals surface area contributed by atoms with E-state index >= 15 is 0 Å². The number of nitrogen functional groups attached to an aromatic ring is 1. The maximum atomic E-state index is 9.57. The van der Waals surface area contributed by atoms with Crippen molar-refractivity contribution in [1.29, 1.82) is 0 Å². The summed E-state index contributed by atoms with van der Waals surface area (Å²) < 4.78 is 13.4. The van der Waals surface area contributed by atoms with E-state index in [2.05, 4.69) is 24.3 Å². The molecule has 190 valence electrons. The number of hydrogen-bond acceptors (Lipinski definition) is 6. The molecule has 0 amide bonds. The van der Waals surface area contributed by atoms with Gasteiger partial charge in [0.15, 0.2) is 6.29 Å². The van der Waals surface area contributed by atoms with Crippen LogP contribution >= 0.6 is 11.8 Å². The fourth-order valence-electron chi connectivity index (χ4n) is 4.75. The molecule has 0 bridgehead atoms. The van der Waals surface area contributed by atoms with Crippen LogP contribution in [-0.4, -0.2) is 17.0 Å². The highest BCUT2D eigenvalue weighted by Crippen LogP contribution is 2.48. The summed E-state index contributed by atoms with van der Waals surface area (Å²) >= 11 is 1.70. The van der Waals surface area contributed by atoms with Crippen molar-refractivity contribution in [2.24, 2.45) is 5.73 Å². The minimum atomic E-state index is -0.534. The van der Waals surface area contributed by atoms with Crippen molar-refractivity contribution in [3.8, 4) is 0 Å². The molecule has 0 aromatic heterocycles. The van der Waals surface area contributed by atoms with Gasteiger partial charge in [-0.2, -0.15) is 0 Å². The molecule has 0 saturated carbocycles. The van der Waals surface area contributed by atoms with Crippen molar-refractivity contribution < 1.29 is 14.6 Å². The minimum Gasteiger partial charge on any atom is -0.398 e. The molecule has 1 unspecified atom stereocenters. The molecule has 1 aliphatic heterocycles. The van der Waals surface area contributed by atoms with Crippen molar-refractivity contribution in [3.63, 3.8) is 0 Å². The Hall–Kier alpha value is -3.13. The summed E-state index contributed by atoms with van der Waals surface area (Å²) in [6, 6.07) is 34.4. The molecule has 1 heterocycles. The first-order valence-corrected chi connectivity index (χ1v) is 13.5. The van der Waals surface area contributed by atoms with Gasteiger partial charge in [-0.1, -0.05) is 91.0 Å². The monoisotopic (exact) mass is 512 g/mol. The predicted octanol–water partition coefficient (Wildman–Crippen LogP) is 5.95. The summed E-state index contributed by atoms with van der Waals surface area (Å²) in [5.74, 6) is 0.665. The summed E-state index contributed by atoms with van der Waals surface area (Å²) in [5, 5.41) is 9.57. The molecule has 0 aliphatic carbocycles. The number of aliphatic hydroxyl groups is 1. The molecule has 1 saturated heterocycles. The fourth-order valence-corrected chi connectivity index (χ4v) is 5.79. The van der Waals surface area contributed by atoms with Gasteiger partial charge in [0.25, 0.3) is 0 Å². The van der Waals surface area contributed by atoms with Gasteiger partial charge in [0.05, 0.1) is 18.8 Å². The van der Waals surface area contributed by atoms with Crippen molar-refractivity contribution >= 4 is 17.4 Å². The Morgan fingerprint density at radius 2 is 1.35 bits per heavy atom. The number of nitrogens with two attached hydrogens (primary N) is 2. The van der Waals surface area contributed by atoms with Gasteiger partial charge in [-0.3, -0.25) is 0 Å². The molecule has 1 fully saturated rings. The Kier molecular flexibility index (Phi) is 8.24. The van der Waals surface area contributed by atoms with E-state index in [0.29, 0.717) is 12.3 Å². The van der Waals surface area contributed by atoms with Crippen LogP contribution in [0, 0.1) is 0 Å². The van der Waals surface area contributed by atoms with Crippen LogP contribution in [0.1, 0.15) is 46.1 Å². The van der Waals surface area contributed by atoms with E-state index in [9.17, 15) is 5.11 Å². The minimum absolute atomic E-state index is 0.00487. The highest BCUT2D eigenvalue weighted by molar-refractivity contribution is 7.99. The lowest BCUT2D eigenvalue weighted by Crippen LogP contribution is -2.38. The van der Waals surface area contributed by atoms with E-state index in [-0.39, 0.29) is 24.7 Å². The van der Waals surface area contributed by atoms with Crippen LogP contribution in [0.2, 0.25) is 0 Å². The van der Waals surface area contributed by atoms with E-state index in [1.54, 1.807) is 11.8 Å². The van der Waals surface area contributed by atoms with Crippen LogP contribution in [0.4, 0.5) is 5.69 Å². The zero-order chi connectivity index (χ0) is 25.6. The number of ether oxygens (including phenoxy) is 2. The van der Waals surface area contributed by atoms with E-state index in [1.807, 2.05) is 78.9 Å². The molecule has 5 N–H and O–H groups in total. The van der Waals surface area contributed by atoms with Crippen LogP contribution in [0.3, 0.4) is 0 Å². The molecular formula is C31H32N2O3S. The van der Waals surface area contributed by atoms with E-state index < -0.39 is 6.29 Å². The molecule has 5 rings (SSSR count). The van der Waals surface area contributed by atoms with Gasteiger partial charge >= 0.3 is 0 Å². The Morgan fingerprint density at radius 1 is 0.703 bits per heavy atom. The molecule has 5 nitrogen and oxygen atoms in total. The lowest BCUT2D eigenvalue weighted by molar-refractivity contribution is -0.255. The lowest BCUT2D eigenvalue weighted by atomic mass is 9.84.